The number of hydrogen-bond donors (Lipinski definition) is 2. The molecule has 1 aliphatic heterocycles. The van der Waals surface area contributed by atoms with Gasteiger partial charge in [-0.05, 0) is 35.2 Å². The van der Waals surface area contributed by atoms with Gasteiger partial charge in [-0.2, -0.15) is 15.4 Å². The quantitative estimate of drug-likeness (QED) is 0.779. The number of nitrogens with one attached hydrogen (secondary N) is 1. The normalized spacial score (nSPS) is 22.0. The maximum absolute atomic E-state index is 10.8. The van der Waals surface area contributed by atoms with Crippen LogP contribution in [-0.4, -0.2) is 38.5 Å². The number of aryl methyl sites for hydroxylation is 1. The van der Waals surface area contributed by atoms with Crippen molar-refractivity contribution in [1.29, 1.82) is 0 Å². The number of aromatic amines is 1. The topological polar surface area (TPSA) is 65.0 Å². The number of rotatable bonds is 3. The number of H-pyrrole nitrogens is 1. The van der Waals surface area contributed by atoms with Gasteiger partial charge in [-0.3, -0.25) is 4.90 Å². The van der Waals surface area contributed by atoms with Crippen LogP contribution >= 0.6 is 0 Å². The van der Waals surface area contributed by atoms with Gasteiger partial charge in [0.25, 0.3) is 0 Å². The fraction of sp³-hybridized carbons (Fsp3) is 0.333. The van der Waals surface area contributed by atoms with Crippen LogP contribution in [0, 0.1) is 6.92 Å². The van der Waals surface area contributed by atoms with E-state index in [9.17, 15) is 5.11 Å². The van der Waals surface area contributed by atoms with Gasteiger partial charge in [-0.25, -0.2) is 0 Å². The Balaban J connectivity index is 1.61. The van der Waals surface area contributed by atoms with Gasteiger partial charge in [-0.15, -0.1) is 0 Å². The Morgan fingerprint density at radius 3 is 2.96 bits per heavy atom. The molecule has 3 aromatic rings. The summed E-state index contributed by atoms with van der Waals surface area (Å²) in [6.45, 7) is 4.43. The minimum absolute atomic E-state index is 0.586. The Kier molecular flexibility index (Phi) is 3.39. The summed E-state index contributed by atoms with van der Waals surface area (Å²) in [5, 5.41) is 23.9. The molecular weight excluding hydrogens is 288 g/mol. The summed E-state index contributed by atoms with van der Waals surface area (Å²) in [7, 11) is 0. The van der Waals surface area contributed by atoms with E-state index in [2.05, 4.69) is 63.6 Å². The van der Waals surface area contributed by atoms with Crippen LogP contribution in [0.4, 0.5) is 0 Å². The van der Waals surface area contributed by atoms with Crippen molar-refractivity contribution in [2.24, 2.45) is 0 Å². The number of nitrogens with zero attached hydrogens (tertiary/aromatic N) is 3. The van der Waals surface area contributed by atoms with Gasteiger partial charge in [0, 0.05) is 19.6 Å². The number of fused-ring (bicyclic) bond motifs is 1. The predicted octanol–water partition coefficient (Wildman–Crippen LogP) is 2.36. The molecule has 2 aromatic carbocycles. The summed E-state index contributed by atoms with van der Waals surface area (Å²) in [5.74, 6) is 0. The molecule has 23 heavy (non-hydrogen) atoms. The molecule has 0 bridgehead atoms. The standard InChI is InChI=1S/C18H20N4O/c1-13-6-7-14-4-2-3-5-15(14)16(13)11-22-9-8-18(23,12-22)17-10-19-21-20-17/h2-7,10,23H,8-9,11-12H2,1H3,(H,19,20,21). The molecule has 2 N–H and O–H groups in total. The van der Waals surface area contributed by atoms with Crippen LogP contribution in [0.2, 0.25) is 0 Å². The third-order valence-corrected chi connectivity index (χ3v) is 4.88. The van der Waals surface area contributed by atoms with Crippen molar-refractivity contribution in [3.8, 4) is 0 Å². The minimum atomic E-state index is -0.897. The highest BCUT2D eigenvalue weighted by Crippen LogP contribution is 2.32. The summed E-state index contributed by atoms with van der Waals surface area (Å²) in [5.41, 5.74) is 2.37. The van der Waals surface area contributed by atoms with E-state index in [-0.39, 0.29) is 0 Å². The molecule has 5 nitrogen and oxygen atoms in total. The van der Waals surface area contributed by atoms with E-state index in [1.807, 2.05) is 0 Å². The molecule has 118 valence electrons. The van der Waals surface area contributed by atoms with Gasteiger partial charge < -0.3 is 5.11 Å². The fourth-order valence-corrected chi connectivity index (χ4v) is 3.52. The Bertz CT molecular complexity index is 830. The van der Waals surface area contributed by atoms with Crippen molar-refractivity contribution in [2.45, 2.75) is 25.5 Å². The lowest BCUT2D eigenvalue weighted by molar-refractivity contribution is 0.0409. The fourth-order valence-electron chi connectivity index (χ4n) is 3.52. The lowest BCUT2D eigenvalue weighted by Gasteiger charge is -2.22. The van der Waals surface area contributed by atoms with Crippen molar-refractivity contribution in [1.82, 2.24) is 20.3 Å². The number of benzene rings is 2. The van der Waals surface area contributed by atoms with Crippen LogP contribution in [0.25, 0.3) is 10.8 Å². The van der Waals surface area contributed by atoms with Crippen molar-refractivity contribution in [3.63, 3.8) is 0 Å². The SMILES string of the molecule is Cc1ccc2ccccc2c1CN1CCC(O)(c2cn[nH]n2)C1. The van der Waals surface area contributed by atoms with Gasteiger partial charge in [-0.1, -0.05) is 36.4 Å². The highest BCUT2D eigenvalue weighted by atomic mass is 16.3. The molecule has 5 heteroatoms. The Morgan fingerprint density at radius 2 is 2.13 bits per heavy atom. The van der Waals surface area contributed by atoms with Crippen LogP contribution in [0.15, 0.2) is 42.6 Å². The number of hydrogen-bond acceptors (Lipinski definition) is 4. The second-order valence-corrected chi connectivity index (χ2v) is 6.43. The van der Waals surface area contributed by atoms with E-state index < -0.39 is 5.60 Å². The Morgan fingerprint density at radius 1 is 1.26 bits per heavy atom. The van der Waals surface area contributed by atoms with Crippen molar-refractivity contribution >= 4 is 10.8 Å². The Hall–Kier alpha value is -2.24. The molecule has 1 fully saturated rings. The van der Waals surface area contributed by atoms with E-state index >= 15 is 0 Å². The van der Waals surface area contributed by atoms with Gasteiger partial charge >= 0.3 is 0 Å². The van der Waals surface area contributed by atoms with Crippen molar-refractivity contribution < 1.29 is 5.11 Å². The zero-order valence-electron chi connectivity index (χ0n) is 13.2. The van der Waals surface area contributed by atoms with Gasteiger partial charge in [0.1, 0.15) is 11.3 Å². The number of β-amino-alcohol motifs (C(OH)–C–C–N with tert-alkyl or cyclic N) is 1. The average Bonchev–Trinajstić information content (AvgIpc) is 3.21. The monoisotopic (exact) mass is 308 g/mol. The second-order valence-electron chi connectivity index (χ2n) is 6.43. The molecule has 0 radical (unpaired) electrons. The smallest absolute Gasteiger partial charge is 0.124 e. The molecule has 0 saturated carbocycles. The van der Waals surface area contributed by atoms with Gasteiger partial charge in [0.05, 0.1) is 6.20 Å². The first kappa shape index (κ1) is 14.4. The summed E-state index contributed by atoms with van der Waals surface area (Å²) >= 11 is 0. The highest BCUT2D eigenvalue weighted by Gasteiger charge is 2.39. The van der Waals surface area contributed by atoms with E-state index in [1.165, 1.54) is 21.9 Å². The van der Waals surface area contributed by atoms with Crippen LogP contribution < -0.4 is 0 Å². The summed E-state index contributed by atoms with van der Waals surface area (Å²) in [6.07, 6.45) is 2.30. The third kappa shape index (κ3) is 2.52. The molecule has 1 unspecified atom stereocenters. The maximum atomic E-state index is 10.8. The molecule has 0 aliphatic carbocycles. The molecule has 2 heterocycles. The lowest BCUT2D eigenvalue weighted by atomic mass is 9.99. The van der Waals surface area contributed by atoms with Crippen molar-refractivity contribution in [3.05, 3.63) is 59.4 Å². The number of aromatic nitrogens is 3. The molecule has 1 aromatic heterocycles. The number of likely N-dealkylation sites (tertiary alicyclic amines) is 1. The zero-order valence-corrected chi connectivity index (χ0v) is 13.2. The molecule has 0 spiro atoms. The largest absolute Gasteiger partial charge is 0.382 e. The van der Waals surface area contributed by atoms with E-state index in [0.717, 1.165) is 13.1 Å². The van der Waals surface area contributed by atoms with Crippen LogP contribution in [0.3, 0.4) is 0 Å². The minimum Gasteiger partial charge on any atom is -0.382 e. The van der Waals surface area contributed by atoms with Crippen LogP contribution in [-0.2, 0) is 12.1 Å². The van der Waals surface area contributed by atoms with Gasteiger partial charge in [0.2, 0.25) is 0 Å². The molecule has 4 rings (SSSR count). The first-order valence-electron chi connectivity index (χ1n) is 7.94. The van der Waals surface area contributed by atoms with Crippen LogP contribution in [0.1, 0.15) is 23.2 Å². The summed E-state index contributed by atoms with van der Waals surface area (Å²) in [6, 6.07) is 12.8. The zero-order chi connectivity index (χ0) is 15.9. The van der Waals surface area contributed by atoms with Crippen LogP contribution in [0.5, 0.6) is 0 Å². The second kappa shape index (κ2) is 5.44. The van der Waals surface area contributed by atoms with Crippen molar-refractivity contribution in [2.75, 3.05) is 13.1 Å². The summed E-state index contributed by atoms with van der Waals surface area (Å²) in [4.78, 5) is 2.30. The predicted molar refractivity (Wildman–Crippen MR) is 88.9 cm³/mol. The Labute approximate surface area is 134 Å². The first-order chi connectivity index (χ1) is 11.2. The lowest BCUT2D eigenvalue weighted by Crippen LogP contribution is -2.31. The average molecular weight is 308 g/mol. The third-order valence-electron chi connectivity index (χ3n) is 4.88. The van der Waals surface area contributed by atoms with E-state index in [4.69, 9.17) is 0 Å². The van der Waals surface area contributed by atoms with E-state index in [0.29, 0.717) is 18.7 Å². The maximum Gasteiger partial charge on any atom is 0.124 e. The molecular formula is C18H20N4O. The summed E-state index contributed by atoms with van der Waals surface area (Å²) < 4.78 is 0. The molecule has 1 aliphatic rings. The van der Waals surface area contributed by atoms with E-state index in [1.54, 1.807) is 6.20 Å². The molecule has 1 saturated heterocycles. The molecule has 0 amide bonds. The first-order valence-corrected chi connectivity index (χ1v) is 7.94. The van der Waals surface area contributed by atoms with Gasteiger partial charge in [0.15, 0.2) is 0 Å². The molecule has 1 atom stereocenters. The highest BCUT2D eigenvalue weighted by molar-refractivity contribution is 5.86. The number of aliphatic hydroxyl groups is 1.